The Morgan fingerprint density at radius 1 is 1.35 bits per heavy atom. The van der Waals surface area contributed by atoms with Crippen LogP contribution in [0, 0.1) is 5.41 Å². The Balaban J connectivity index is 1.67. The maximum absolute atomic E-state index is 11.2. The van der Waals surface area contributed by atoms with Crippen molar-refractivity contribution in [1.82, 2.24) is 10.2 Å². The average molecular weight is 238 g/mol. The summed E-state index contributed by atoms with van der Waals surface area (Å²) in [6, 6.07) is 0.639. The molecule has 0 radical (unpaired) electrons. The van der Waals surface area contributed by atoms with E-state index < -0.39 is 0 Å². The molecule has 1 amide bonds. The van der Waals surface area contributed by atoms with Crippen LogP contribution in [-0.2, 0) is 4.79 Å². The second-order valence-electron chi connectivity index (χ2n) is 5.91. The smallest absolute Gasteiger partial charge is 0.219 e. The van der Waals surface area contributed by atoms with Crippen LogP contribution in [0.3, 0.4) is 0 Å². The Hall–Kier alpha value is -0.570. The first-order valence-electron chi connectivity index (χ1n) is 7.14. The molecule has 17 heavy (non-hydrogen) atoms. The molecule has 0 aromatic heterocycles. The number of amides is 1. The fourth-order valence-corrected chi connectivity index (χ4v) is 2.98. The number of nitrogens with one attached hydrogen (secondary N) is 1. The zero-order chi connectivity index (χ0) is 12.3. The summed E-state index contributed by atoms with van der Waals surface area (Å²) in [5, 5.41) is 3.73. The molecule has 1 saturated heterocycles. The van der Waals surface area contributed by atoms with Crippen LogP contribution in [0.4, 0.5) is 0 Å². The highest BCUT2D eigenvalue weighted by Crippen LogP contribution is 2.49. The van der Waals surface area contributed by atoms with E-state index in [-0.39, 0.29) is 5.91 Å². The second kappa shape index (κ2) is 5.38. The van der Waals surface area contributed by atoms with Gasteiger partial charge in [0.1, 0.15) is 0 Å². The van der Waals surface area contributed by atoms with Gasteiger partial charge in [0, 0.05) is 32.6 Å². The van der Waals surface area contributed by atoms with E-state index in [1.54, 1.807) is 6.92 Å². The molecule has 1 heterocycles. The Bertz CT molecular complexity index is 265. The van der Waals surface area contributed by atoms with Gasteiger partial charge in [0.15, 0.2) is 0 Å². The number of carbonyl (C=O) groups excluding carboxylic acids is 1. The lowest BCUT2D eigenvalue weighted by molar-refractivity contribution is -0.129. The minimum absolute atomic E-state index is 0.230. The van der Waals surface area contributed by atoms with Gasteiger partial charge in [-0.1, -0.05) is 13.3 Å². The molecule has 3 heteroatoms. The van der Waals surface area contributed by atoms with Crippen LogP contribution in [0.5, 0.6) is 0 Å². The van der Waals surface area contributed by atoms with Gasteiger partial charge in [-0.05, 0) is 37.5 Å². The molecule has 0 atom stereocenters. The summed E-state index contributed by atoms with van der Waals surface area (Å²) < 4.78 is 0. The van der Waals surface area contributed by atoms with Gasteiger partial charge >= 0.3 is 0 Å². The molecule has 98 valence electrons. The van der Waals surface area contributed by atoms with Gasteiger partial charge < -0.3 is 10.2 Å². The number of hydrogen-bond acceptors (Lipinski definition) is 2. The van der Waals surface area contributed by atoms with E-state index in [0.29, 0.717) is 11.5 Å². The van der Waals surface area contributed by atoms with Gasteiger partial charge in [0.2, 0.25) is 5.91 Å². The topological polar surface area (TPSA) is 32.3 Å². The van der Waals surface area contributed by atoms with E-state index in [4.69, 9.17) is 0 Å². The van der Waals surface area contributed by atoms with Crippen molar-refractivity contribution in [2.75, 3.05) is 19.6 Å². The largest absolute Gasteiger partial charge is 0.343 e. The predicted octanol–water partition coefficient (Wildman–Crippen LogP) is 2.17. The third kappa shape index (κ3) is 3.44. The first kappa shape index (κ1) is 12.9. The molecular formula is C14H26N2O. The number of rotatable bonds is 5. The van der Waals surface area contributed by atoms with Crippen molar-refractivity contribution >= 4 is 5.91 Å². The van der Waals surface area contributed by atoms with Gasteiger partial charge in [-0.15, -0.1) is 0 Å². The SMILES string of the molecule is CCCC1(CNC2CCN(C(C)=O)CC2)CC1. The van der Waals surface area contributed by atoms with Crippen molar-refractivity contribution in [2.24, 2.45) is 5.41 Å². The first-order valence-corrected chi connectivity index (χ1v) is 7.14. The normalized spacial score (nSPS) is 23.8. The lowest BCUT2D eigenvalue weighted by atomic mass is 9.98. The van der Waals surface area contributed by atoms with Gasteiger partial charge in [-0.2, -0.15) is 0 Å². The van der Waals surface area contributed by atoms with Gasteiger partial charge in [0.05, 0.1) is 0 Å². The van der Waals surface area contributed by atoms with Crippen LogP contribution >= 0.6 is 0 Å². The van der Waals surface area contributed by atoms with Crippen molar-refractivity contribution in [1.29, 1.82) is 0 Å². The van der Waals surface area contributed by atoms with Crippen molar-refractivity contribution in [2.45, 2.75) is 58.4 Å². The summed E-state index contributed by atoms with van der Waals surface area (Å²) in [4.78, 5) is 13.2. The van der Waals surface area contributed by atoms with Crippen molar-refractivity contribution in [3.8, 4) is 0 Å². The lowest BCUT2D eigenvalue weighted by Gasteiger charge is -2.32. The summed E-state index contributed by atoms with van der Waals surface area (Å²) >= 11 is 0. The Kier molecular flexibility index (Phi) is 4.08. The maximum atomic E-state index is 11.2. The molecule has 0 aromatic carbocycles. The molecule has 0 spiro atoms. The molecule has 0 aromatic rings. The lowest BCUT2D eigenvalue weighted by Crippen LogP contribution is -2.45. The molecule has 1 aliphatic carbocycles. The van der Waals surface area contributed by atoms with E-state index in [0.717, 1.165) is 25.9 Å². The van der Waals surface area contributed by atoms with Crippen molar-refractivity contribution < 1.29 is 4.79 Å². The molecule has 0 bridgehead atoms. The molecule has 1 saturated carbocycles. The third-order valence-electron chi connectivity index (χ3n) is 4.44. The highest BCUT2D eigenvalue weighted by molar-refractivity contribution is 5.73. The van der Waals surface area contributed by atoms with Crippen LogP contribution in [0.25, 0.3) is 0 Å². The zero-order valence-electron chi connectivity index (χ0n) is 11.3. The molecule has 1 N–H and O–H groups in total. The number of hydrogen-bond donors (Lipinski definition) is 1. The Labute approximate surface area is 105 Å². The molecular weight excluding hydrogens is 212 g/mol. The van der Waals surface area contributed by atoms with E-state index in [9.17, 15) is 4.79 Å². The fourth-order valence-electron chi connectivity index (χ4n) is 2.98. The van der Waals surface area contributed by atoms with E-state index >= 15 is 0 Å². The highest BCUT2D eigenvalue weighted by Gasteiger charge is 2.41. The van der Waals surface area contributed by atoms with Crippen molar-refractivity contribution in [3.63, 3.8) is 0 Å². The monoisotopic (exact) mass is 238 g/mol. The van der Waals surface area contributed by atoms with Crippen LogP contribution < -0.4 is 5.32 Å². The van der Waals surface area contributed by atoms with E-state index in [1.165, 1.54) is 32.2 Å². The van der Waals surface area contributed by atoms with Crippen molar-refractivity contribution in [3.05, 3.63) is 0 Å². The summed E-state index contributed by atoms with van der Waals surface area (Å²) in [6.07, 6.45) is 7.78. The predicted molar refractivity (Wildman–Crippen MR) is 69.9 cm³/mol. The van der Waals surface area contributed by atoms with Crippen LogP contribution in [0.15, 0.2) is 0 Å². The molecule has 2 fully saturated rings. The molecule has 2 aliphatic rings. The molecule has 3 nitrogen and oxygen atoms in total. The fraction of sp³-hybridized carbons (Fsp3) is 0.929. The van der Waals surface area contributed by atoms with E-state index in [2.05, 4.69) is 12.2 Å². The number of carbonyl (C=O) groups is 1. The number of nitrogens with zero attached hydrogens (tertiary/aromatic N) is 1. The second-order valence-corrected chi connectivity index (χ2v) is 5.91. The average Bonchev–Trinajstić information content (AvgIpc) is 3.08. The Morgan fingerprint density at radius 2 is 2.00 bits per heavy atom. The van der Waals surface area contributed by atoms with Gasteiger partial charge in [0.25, 0.3) is 0 Å². The van der Waals surface area contributed by atoms with E-state index in [1.807, 2.05) is 4.90 Å². The summed E-state index contributed by atoms with van der Waals surface area (Å²) in [7, 11) is 0. The minimum Gasteiger partial charge on any atom is -0.343 e. The highest BCUT2D eigenvalue weighted by atomic mass is 16.2. The number of piperidine rings is 1. The summed E-state index contributed by atoms with van der Waals surface area (Å²) in [5.74, 6) is 0.230. The van der Waals surface area contributed by atoms with Crippen LogP contribution in [0.1, 0.15) is 52.4 Å². The Morgan fingerprint density at radius 3 is 2.47 bits per heavy atom. The summed E-state index contributed by atoms with van der Waals surface area (Å²) in [6.45, 7) is 7.03. The van der Waals surface area contributed by atoms with Gasteiger partial charge in [-0.3, -0.25) is 4.79 Å². The van der Waals surface area contributed by atoms with Crippen LogP contribution in [-0.4, -0.2) is 36.5 Å². The maximum Gasteiger partial charge on any atom is 0.219 e. The summed E-state index contributed by atoms with van der Waals surface area (Å²) in [5.41, 5.74) is 0.645. The quantitative estimate of drug-likeness (QED) is 0.796. The standard InChI is InChI=1S/C14H26N2O/c1-3-6-14(7-8-14)11-15-13-4-9-16(10-5-13)12(2)17/h13,15H,3-11H2,1-2H3. The number of likely N-dealkylation sites (tertiary alicyclic amines) is 1. The molecule has 1 aliphatic heterocycles. The first-order chi connectivity index (χ1) is 8.15. The third-order valence-corrected chi connectivity index (χ3v) is 4.44. The minimum atomic E-state index is 0.230. The molecule has 2 rings (SSSR count). The van der Waals surface area contributed by atoms with Crippen LogP contribution in [0.2, 0.25) is 0 Å². The molecule has 0 unspecified atom stereocenters. The van der Waals surface area contributed by atoms with Gasteiger partial charge in [-0.25, -0.2) is 0 Å². The zero-order valence-corrected chi connectivity index (χ0v) is 11.3.